The molecule has 0 aromatic carbocycles. The van der Waals surface area contributed by atoms with Crippen molar-refractivity contribution >= 4 is 22.8 Å². The van der Waals surface area contributed by atoms with E-state index in [-0.39, 0.29) is 18.0 Å². The SMILES string of the molecule is CC(C)Nc1cc(-n2ncc3cc(C#N)cnc32)ncc1-n1cc(C2CCC(N(C)C(=O)O)CC2)nn1. The molecule has 0 unspecified atom stereocenters. The van der Waals surface area contributed by atoms with Crippen molar-refractivity contribution in [2.45, 2.75) is 57.5 Å². The molecule has 190 valence electrons. The topological polar surface area (TPSA) is 151 Å². The molecular weight excluding hydrogens is 472 g/mol. The molecule has 0 radical (unpaired) electrons. The molecule has 2 N–H and O–H groups in total. The summed E-state index contributed by atoms with van der Waals surface area (Å²) < 4.78 is 3.37. The van der Waals surface area contributed by atoms with E-state index in [1.807, 2.05) is 12.3 Å². The monoisotopic (exact) mass is 500 g/mol. The highest BCUT2D eigenvalue weighted by Gasteiger charge is 2.28. The van der Waals surface area contributed by atoms with Crippen molar-refractivity contribution in [2.75, 3.05) is 12.4 Å². The Bertz CT molecular complexity index is 1480. The van der Waals surface area contributed by atoms with Gasteiger partial charge in [0.05, 0.1) is 35.5 Å². The molecule has 12 nitrogen and oxygen atoms in total. The number of pyridine rings is 2. The summed E-state index contributed by atoms with van der Waals surface area (Å²) in [5.41, 5.74) is 3.56. The van der Waals surface area contributed by atoms with Gasteiger partial charge in [-0.2, -0.15) is 15.0 Å². The Morgan fingerprint density at radius 2 is 1.97 bits per heavy atom. The van der Waals surface area contributed by atoms with E-state index >= 15 is 0 Å². The van der Waals surface area contributed by atoms with E-state index in [0.717, 1.165) is 48.1 Å². The van der Waals surface area contributed by atoms with Gasteiger partial charge in [0.15, 0.2) is 11.5 Å². The largest absolute Gasteiger partial charge is 0.465 e. The molecule has 0 aliphatic heterocycles. The lowest BCUT2D eigenvalue weighted by Crippen LogP contribution is -2.38. The fourth-order valence-electron chi connectivity index (χ4n) is 4.81. The summed E-state index contributed by atoms with van der Waals surface area (Å²) >= 11 is 0. The van der Waals surface area contributed by atoms with Crippen molar-refractivity contribution in [3.8, 4) is 17.6 Å². The number of nitrogens with zero attached hydrogens (tertiary/aromatic N) is 9. The van der Waals surface area contributed by atoms with Gasteiger partial charge in [-0.1, -0.05) is 5.21 Å². The molecule has 1 aliphatic rings. The lowest BCUT2D eigenvalue weighted by Gasteiger charge is -2.32. The maximum Gasteiger partial charge on any atom is 0.407 e. The van der Waals surface area contributed by atoms with Crippen LogP contribution in [0.2, 0.25) is 0 Å². The van der Waals surface area contributed by atoms with Crippen molar-refractivity contribution < 1.29 is 9.90 Å². The standard InChI is InChI=1S/C25H28N10O2/c1-15(2)30-20-9-23(35-24-18(12-29-35)8-16(10-26)11-28-24)27-13-22(20)34-14-21(31-32-34)17-4-6-19(7-5-17)33(3)25(36)37/h8-9,11-15,17,19H,4-7H2,1-3H3,(H,27,30)(H,36,37). The van der Waals surface area contributed by atoms with Gasteiger partial charge >= 0.3 is 6.09 Å². The number of nitrogens with one attached hydrogen (secondary N) is 1. The Hall–Kier alpha value is -4.53. The molecule has 12 heteroatoms. The molecule has 0 bridgehead atoms. The van der Waals surface area contributed by atoms with Gasteiger partial charge in [-0.3, -0.25) is 0 Å². The number of hydrogen-bond donors (Lipinski definition) is 2. The third-order valence-corrected chi connectivity index (χ3v) is 6.79. The minimum atomic E-state index is -0.888. The van der Waals surface area contributed by atoms with Crippen LogP contribution in [0.4, 0.5) is 10.5 Å². The van der Waals surface area contributed by atoms with Gasteiger partial charge in [-0.05, 0) is 45.6 Å². The zero-order valence-electron chi connectivity index (χ0n) is 20.9. The van der Waals surface area contributed by atoms with Gasteiger partial charge < -0.3 is 15.3 Å². The zero-order valence-corrected chi connectivity index (χ0v) is 20.9. The van der Waals surface area contributed by atoms with Crippen LogP contribution >= 0.6 is 0 Å². The van der Waals surface area contributed by atoms with E-state index in [2.05, 4.69) is 50.6 Å². The molecule has 1 aliphatic carbocycles. The molecule has 1 amide bonds. The maximum absolute atomic E-state index is 11.3. The number of carboxylic acid groups (broad SMARTS) is 1. The number of anilines is 1. The van der Waals surface area contributed by atoms with Gasteiger partial charge in [0.25, 0.3) is 0 Å². The molecule has 4 heterocycles. The second-order valence-electron chi connectivity index (χ2n) is 9.65. The average molecular weight is 501 g/mol. The molecule has 1 saturated carbocycles. The van der Waals surface area contributed by atoms with E-state index in [9.17, 15) is 9.90 Å². The normalized spacial score (nSPS) is 17.6. The Morgan fingerprint density at radius 3 is 2.68 bits per heavy atom. The number of amides is 1. The summed E-state index contributed by atoms with van der Waals surface area (Å²) in [7, 11) is 1.63. The highest BCUT2D eigenvalue weighted by molar-refractivity contribution is 5.77. The first-order chi connectivity index (χ1) is 17.8. The summed E-state index contributed by atoms with van der Waals surface area (Å²) in [6.07, 6.45) is 9.30. The molecule has 5 rings (SSSR count). The van der Waals surface area contributed by atoms with E-state index in [1.54, 1.807) is 34.9 Å². The molecule has 1 fully saturated rings. The Kier molecular flexibility index (Phi) is 6.43. The van der Waals surface area contributed by atoms with Crippen LogP contribution in [0.15, 0.2) is 36.9 Å². The molecule has 0 spiro atoms. The average Bonchev–Trinajstić information content (AvgIpc) is 3.55. The van der Waals surface area contributed by atoms with Crippen LogP contribution < -0.4 is 5.32 Å². The van der Waals surface area contributed by atoms with E-state index in [1.165, 1.54) is 11.1 Å². The van der Waals surface area contributed by atoms with Crippen LogP contribution in [-0.2, 0) is 0 Å². The van der Waals surface area contributed by atoms with Crippen LogP contribution in [0.25, 0.3) is 22.5 Å². The second-order valence-corrected chi connectivity index (χ2v) is 9.65. The van der Waals surface area contributed by atoms with E-state index in [4.69, 9.17) is 5.26 Å². The predicted octanol–water partition coefficient (Wildman–Crippen LogP) is 3.72. The van der Waals surface area contributed by atoms with Crippen LogP contribution in [-0.4, -0.2) is 70.0 Å². The minimum Gasteiger partial charge on any atom is -0.465 e. The predicted molar refractivity (Wildman–Crippen MR) is 136 cm³/mol. The van der Waals surface area contributed by atoms with Crippen molar-refractivity contribution in [1.82, 2.24) is 39.6 Å². The highest BCUT2D eigenvalue weighted by Crippen LogP contribution is 2.34. The number of rotatable bonds is 6. The van der Waals surface area contributed by atoms with Crippen LogP contribution in [0.1, 0.15) is 56.7 Å². The number of fused-ring (bicyclic) bond motifs is 1. The first kappa shape index (κ1) is 24.2. The van der Waals surface area contributed by atoms with Crippen LogP contribution in [0, 0.1) is 11.3 Å². The van der Waals surface area contributed by atoms with Crippen molar-refractivity contribution in [2.24, 2.45) is 0 Å². The molecule has 4 aromatic heterocycles. The smallest absolute Gasteiger partial charge is 0.407 e. The quantitative estimate of drug-likeness (QED) is 0.403. The Morgan fingerprint density at radius 1 is 1.19 bits per heavy atom. The molecule has 0 atom stereocenters. The van der Waals surface area contributed by atoms with Gasteiger partial charge in [-0.25, -0.2) is 19.4 Å². The molecular formula is C25H28N10O2. The summed E-state index contributed by atoms with van der Waals surface area (Å²) in [4.78, 5) is 21.7. The van der Waals surface area contributed by atoms with Crippen molar-refractivity contribution in [1.29, 1.82) is 5.26 Å². The first-order valence-electron chi connectivity index (χ1n) is 12.2. The van der Waals surface area contributed by atoms with Crippen molar-refractivity contribution in [3.05, 3.63) is 48.2 Å². The fourth-order valence-corrected chi connectivity index (χ4v) is 4.81. The number of carbonyl (C=O) groups is 1. The van der Waals surface area contributed by atoms with Gasteiger partial charge in [0.2, 0.25) is 0 Å². The molecule has 0 saturated heterocycles. The summed E-state index contributed by atoms with van der Waals surface area (Å²) in [6.45, 7) is 4.11. The van der Waals surface area contributed by atoms with Gasteiger partial charge in [-0.15, -0.1) is 5.10 Å². The minimum absolute atomic E-state index is 0.0433. The fraction of sp³-hybridized carbons (Fsp3) is 0.400. The number of aromatic nitrogens is 7. The third-order valence-electron chi connectivity index (χ3n) is 6.79. The first-order valence-corrected chi connectivity index (χ1v) is 12.2. The summed E-state index contributed by atoms with van der Waals surface area (Å²) in [5, 5.41) is 35.9. The van der Waals surface area contributed by atoms with E-state index < -0.39 is 6.09 Å². The zero-order chi connectivity index (χ0) is 26.1. The summed E-state index contributed by atoms with van der Waals surface area (Å²) in [5.74, 6) is 0.820. The Labute approximate surface area is 213 Å². The van der Waals surface area contributed by atoms with Gasteiger partial charge in [0, 0.05) is 42.7 Å². The van der Waals surface area contributed by atoms with Crippen LogP contribution in [0.3, 0.4) is 0 Å². The lowest BCUT2D eigenvalue weighted by molar-refractivity contribution is 0.124. The Balaban J connectivity index is 1.42. The van der Waals surface area contributed by atoms with E-state index in [0.29, 0.717) is 17.0 Å². The molecule has 4 aromatic rings. The molecule has 37 heavy (non-hydrogen) atoms. The summed E-state index contributed by atoms with van der Waals surface area (Å²) in [6, 6.07) is 5.94. The van der Waals surface area contributed by atoms with Crippen LogP contribution in [0.5, 0.6) is 0 Å². The maximum atomic E-state index is 11.3. The number of nitriles is 1. The third kappa shape index (κ3) is 4.80. The highest BCUT2D eigenvalue weighted by atomic mass is 16.4. The lowest BCUT2D eigenvalue weighted by atomic mass is 9.84. The van der Waals surface area contributed by atoms with Crippen molar-refractivity contribution in [3.63, 3.8) is 0 Å². The number of hydrogen-bond acceptors (Lipinski definition) is 8. The van der Waals surface area contributed by atoms with Gasteiger partial charge in [0.1, 0.15) is 11.8 Å². The second kappa shape index (κ2) is 9.85.